The highest BCUT2D eigenvalue weighted by atomic mass is 32.1. The Labute approximate surface area is 189 Å². The van der Waals surface area contributed by atoms with E-state index in [1.807, 2.05) is 18.2 Å². The first-order valence-electron chi connectivity index (χ1n) is 10.2. The molecule has 0 atom stereocenters. The molecule has 3 rings (SSSR count). The van der Waals surface area contributed by atoms with Gasteiger partial charge in [0, 0.05) is 55.8 Å². The summed E-state index contributed by atoms with van der Waals surface area (Å²) in [5.41, 5.74) is 17.5. The average molecular weight is 435 g/mol. The number of allylic oxidation sites excluding steroid dienone is 2. The highest BCUT2D eigenvalue weighted by molar-refractivity contribution is 7.83. The third kappa shape index (κ3) is 5.85. The summed E-state index contributed by atoms with van der Waals surface area (Å²) < 4.78 is 0. The minimum absolute atomic E-state index is 0.160. The summed E-state index contributed by atoms with van der Waals surface area (Å²) in [6.07, 6.45) is 3.03. The zero-order valence-corrected chi connectivity index (χ0v) is 18.7. The number of piperazine rings is 1. The Morgan fingerprint density at radius 2 is 1.87 bits per heavy atom. The van der Waals surface area contributed by atoms with Gasteiger partial charge in [-0.3, -0.25) is 10.3 Å². The van der Waals surface area contributed by atoms with Crippen molar-refractivity contribution in [3.8, 4) is 0 Å². The molecule has 1 saturated heterocycles. The Bertz CT molecular complexity index is 1020. The van der Waals surface area contributed by atoms with Crippen molar-refractivity contribution < 1.29 is 0 Å². The maximum Gasteiger partial charge on any atom is 0.0862 e. The summed E-state index contributed by atoms with van der Waals surface area (Å²) in [4.78, 5) is 4.80. The van der Waals surface area contributed by atoms with Gasteiger partial charge in [-0.25, -0.2) is 0 Å². The van der Waals surface area contributed by atoms with Crippen molar-refractivity contribution in [3.63, 3.8) is 0 Å². The van der Waals surface area contributed by atoms with Gasteiger partial charge in [0.2, 0.25) is 0 Å². The molecule has 0 spiro atoms. The smallest absolute Gasteiger partial charge is 0.0862 e. The van der Waals surface area contributed by atoms with Gasteiger partial charge in [-0.15, -0.1) is 0 Å². The Morgan fingerprint density at radius 1 is 1.13 bits per heavy atom. The predicted molar refractivity (Wildman–Crippen MR) is 135 cm³/mol. The third-order valence-corrected chi connectivity index (χ3v) is 5.79. The van der Waals surface area contributed by atoms with Gasteiger partial charge in [-0.1, -0.05) is 30.3 Å². The Kier molecular flexibility index (Phi) is 7.68. The molecule has 1 aliphatic heterocycles. The van der Waals surface area contributed by atoms with Crippen molar-refractivity contribution in [3.05, 3.63) is 75.8 Å². The van der Waals surface area contributed by atoms with Gasteiger partial charge in [0.1, 0.15) is 0 Å². The van der Waals surface area contributed by atoms with Crippen LogP contribution in [0.4, 0.5) is 5.69 Å². The number of rotatable bonds is 7. The molecule has 7 heteroatoms. The highest BCUT2D eigenvalue weighted by Gasteiger charge is 2.14. The van der Waals surface area contributed by atoms with Crippen molar-refractivity contribution in [1.29, 1.82) is 10.8 Å². The van der Waals surface area contributed by atoms with Gasteiger partial charge in [0.05, 0.1) is 11.4 Å². The molecule has 0 amide bonds. The van der Waals surface area contributed by atoms with Crippen molar-refractivity contribution in [2.75, 3.05) is 39.0 Å². The van der Waals surface area contributed by atoms with Gasteiger partial charge in [0.25, 0.3) is 0 Å². The molecular formula is C24H30N6S. The van der Waals surface area contributed by atoms with Crippen LogP contribution in [0.3, 0.4) is 0 Å². The molecule has 0 radical (unpaired) electrons. The second-order valence-corrected chi connectivity index (χ2v) is 8.09. The normalized spacial score (nSPS) is 16.3. The van der Waals surface area contributed by atoms with E-state index in [9.17, 15) is 0 Å². The highest BCUT2D eigenvalue weighted by Crippen LogP contribution is 2.22. The maximum absolute atomic E-state index is 8.57. The van der Waals surface area contributed by atoms with E-state index in [-0.39, 0.29) is 5.71 Å². The number of hydrogen-bond donors (Lipinski definition) is 5. The van der Waals surface area contributed by atoms with E-state index in [0.29, 0.717) is 22.5 Å². The van der Waals surface area contributed by atoms with Gasteiger partial charge < -0.3 is 21.8 Å². The molecular weight excluding hydrogens is 404 g/mol. The minimum Gasteiger partial charge on any atom is -0.398 e. The molecule has 6 nitrogen and oxygen atoms in total. The van der Waals surface area contributed by atoms with E-state index in [1.54, 1.807) is 23.6 Å². The lowest BCUT2D eigenvalue weighted by Gasteiger charge is -2.32. The summed E-state index contributed by atoms with van der Waals surface area (Å²) in [6.45, 7) is 5.22. The fourth-order valence-electron chi connectivity index (χ4n) is 3.60. The number of nitrogens with zero attached hydrogens (tertiary/aromatic N) is 2. The number of anilines is 1. The first-order chi connectivity index (χ1) is 14.9. The van der Waals surface area contributed by atoms with Gasteiger partial charge >= 0.3 is 0 Å². The van der Waals surface area contributed by atoms with Crippen LogP contribution in [0.15, 0.2) is 53.6 Å². The van der Waals surface area contributed by atoms with Crippen molar-refractivity contribution >= 4 is 41.9 Å². The van der Waals surface area contributed by atoms with Crippen molar-refractivity contribution in [2.45, 2.75) is 6.54 Å². The molecule has 2 aromatic rings. The van der Waals surface area contributed by atoms with E-state index < -0.39 is 0 Å². The molecule has 1 fully saturated rings. The molecule has 2 aromatic carbocycles. The molecule has 162 valence electrons. The van der Waals surface area contributed by atoms with Crippen LogP contribution in [-0.2, 0) is 6.54 Å². The maximum atomic E-state index is 8.57. The molecule has 0 aliphatic carbocycles. The van der Waals surface area contributed by atoms with Crippen LogP contribution >= 0.6 is 12.6 Å². The van der Waals surface area contributed by atoms with E-state index in [1.165, 1.54) is 11.8 Å². The number of hydrogen-bond acceptors (Lipinski definition) is 7. The van der Waals surface area contributed by atoms with E-state index >= 15 is 0 Å². The van der Waals surface area contributed by atoms with Gasteiger partial charge in [0.15, 0.2) is 0 Å². The standard InChI is InChI=1S/C24H30N6S/c1-29-7-9-30(10-8-29)15-18-4-2-3-17(11-18)12-23(27)24(28)21-13-19(5-6-22(21)26)20(14-25)16-31/h2-6,11-14,16,25,28,31H,7-10,15,26-27H2,1H3/b20-16+,23-12-,25-14?,28-24?. The molecule has 1 aliphatic rings. The van der Waals surface area contributed by atoms with Crippen LogP contribution in [0.5, 0.6) is 0 Å². The van der Waals surface area contributed by atoms with Gasteiger partial charge in [-0.2, -0.15) is 12.6 Å². The quantitative estimate of drug-likeness (QED) is 0.262. The zero-order valence-electron chi connectivity index (χ0n) is 17.8. The number of nitrogens with one attached hydrogen (secondary N) is 2. The van der Waals surface area contributed by atoms with E-state index in [2.05, 4.69) is 41.6 Å². The largest absolute Gasteiger partial charge is 0.398 e. The van der Waals surface area contributed by atoms with E-state index in [0.717, 1.165) is 43.9 Å². The Hall–Kier alpha value is -2.87. The lowest BCUT2D eigenvalue weighted by Crippen LogP contribution is -2.43. The van der Waals surface area contributed by atoms with Crippen LogP contribution in [0.1, 0.15) is 22.3 Å². The van der Waals surface area contributed by atoms with Crippen LogP contribution in [-0.4, -0.2) is 55.0 Å². The van der Waals surface area contributed by atoms with Crippen LogP contribution in [0.2, 0.25) is 0 Å². The summed E-state index contributed by atoms with van der Waals surface area (Å²) in [5, 5.41) is 17.6. The first-order valence-corrected chi connectivity index (χ1v) is 10.7. The zero-order chi connectivity index (χ0) is 22.4. The summed E-state index contributed by atoms with van der Waals surface area (Å²) in [6, 6.07) is 13.6. The molecule has 0 saturated carbocycles. The number of likely N-dealkylation sites (N-methyl/N-ethyl adjacent to an activating group) is 1. The third-order valence-electron chi connectivity index (χ3n) is 5.51. The molecule has 0 bridgehead atoms. The number of nitrogen functional groups attached to an aromatic ring is 1. The SMILES string of the molecule is CN1CCN(Cc2cccc(/C=C(\N)C(=N)c3cc(/C(C=N)=C/S)ccc3N)c2)CC1. The Morgan fingerprint density at radius 3 is 2.55 bits per heavy atom. The summed E-state index contributed by atoms with van der Waals surface area (Å²) in [7, 11) is 2.16. The molecule has 31 heavy (non-hydrogen) atoms. The molecule has 1 heterocycles. The first kappa shape index (κ1) is 22.8. The second-order valence-electron chi connectivity index (χ2n) is 7.83. The number of nitrogens with two attached hydrogens (primary N) is 2. The lowest BCUT2D eigenvalue weighted by atomic mass is 9.98. The van der Waals surface area contributed by atoms with Crippen LogP contribution in [0, 0.1) is 10.8 Å². The van der Waals surface area contributed by atoms with Crippen LogP contribution < -0.4 is 11.5 Å². The minimum atomic E-state index is 0.160. The monoisotopic (exact) mass is 434 g/mol. The fourth-order valence-corrected chi connectivity index (χ4v) is 3.82. The van der Waals surface area contributed by atoms with Gasteiger partial charge in [-0.05, 0) is 47.4 Å². The molecule has 6 N–H and O–H groups in total. The second kappa shape index (κ2) is 10.4. The molecule has 0 unspecified atom stereocenters. The molecule has 0 aromatic heterocycles. The van der Waals surface area contributed by atoms with Crippen molar-refractivity contribution in [1.82, 2.24) is 9.80 Å². The van der Waals surface area contributed by atoms with Crippen molar-refractivity contribution in [2.24, 2.45) is 5.73 Å². The fraction of sp³-hybridized carbons (Fsp3) is 0.250. The topological polar surface area (TPSA) is 106 Å². The summed E-state index contributed by atoms with van der Waals surface area (Å²) >= 11 is 4.15. The summed E-state index contributed by atoms with van der Waals surface area (Å²) in [5.74, 6) is 0. The predicted octanol–water partition coefficient (Wildman–Crippen LogP) is 3.30. The number of benzene rings is 2. The van der Waals surface area contributed by atoms with E-state index in [4.69, 9.17) is 22.3 Å². The number of thiol groups is 1. The lowest BCUT2D eigenvalue weighted by molar-refractivity contribution is 0.148. The Balaban J connectivity index is 1.79. The average Bonchev–Trinajstić information content (AvgIpc) is 2.77. The van der Waals surface area contributed by atoms with Crippen LogP contribution in [0.25, 0.3) is 11.6 Å².